The predicted molar refractivity (Wildman–Crippen MR) is 65.0 cm³/mol. The summed E-state index contributed by atoms with van der Waals surface area (Å²) in [6, 6.07) is 2.42. The van der Waals surface area contributed by atoms with Gasteiger partial charge in [0.25, 0.3) is 9.20 Å². The van der Waals surface area contributed by atoms with Gasteiger partial charge in [-0.05, 0) is 47.3 Å². The van der Waals surface area contributed by atoms with Crippen molar-refractivity contribution in [1.82, 2.24) is 9.88 Å². The van der Waals surface area contributed by atoms with Crippen LogP contribution in [0.4, 0.5) is 0 Å². The lowest BCUT2D eigenvalue weighted by Gasteiger charge is -2.31. The van der Waals surface area contributed by atoms with E-state index in [4.69, 9.17) is 4.43 Å². The third-order valence-corrected chi connectivity index (χ3v) is 4.58. The normalized spacial score (nSPS) is 14.4. The van der Waals surface area contributed by atoms with Gasteiger partial charge in [-0.3, -0.25) is 4.90 Å². The molecule has 0 bridgehead atoms. The van der Waals surface area contributed by atoms with Crippen molar-refractivity contribution in [2.24, 2.45) is 0 Å². The molecule has 1 atom stereocenters. The summed E-state index contributed by atoms with van der Waals surface area (Å²) >= 11 is 0. The quantitative estimate of drug-likeness (QED) is 0.650. The molecule has 86 valence electrons. The van der Waals surface area contributed by atoms with Gasteiger partial charge in [0.2, 0.25) is 0 Å². The van der Waals surface area contributed by atoms with Crippen molar-refractivity contribution >= 4 is 9.20 Å². The van der Waals surface area contributed by atoms with Crippen LogP contribution >= 0.6 is 0 Å². The third-order valence-electron chi connectivity index (χ3n) is 2.58. The summed E-state index contributed by atoms with van der Waals surface area (Å²) in [6.45, 7) is 10.2. The summed E-state index contributed by atoms with van der Waals surface area (Å²) in [5.74, 6) is 0. The minimum atomic E-state index is -1.12. The first-order chi connectivity index (χ1) is 6.52. The lowest BCUT2D eigenvalue weighted by Crippen LogP contribution is -2.42. The van der Waals surface area contributed by atoms with E-state index >= 15 is 0 Å². The van der Waals surface area contributed by atoms with E-state index in [9.17, 15) is 0 Å². The van der Waals surface area contributed by atoms with Crippen molar-refractivity contribution in [1.29, 1.82) is 0 Å². The molecule has 0 fully saturated rings. The number of nitrogens with one attached hydrogen (secondary N) is 1. The molecule has 0 spiro atoms. The van der Waals surface area contributed by atoms with E-state index in [1.54, 1.807) is 0 Å². The second-order valence-corrected chi connectivity index (χ2v) is 6.83. The van der Waals surface area contributed by atoms with Gasteiger partial charge >= 0.3 is 0 Å². The molecule has 14 heavy (non-hydrogen) atoms. The van der Waals surface area contributed by atoms with Crippen LogP contribution in [0.2, 0.25) is 6.04 Å². The van der Waals surface area contributed by atoms with E-state index in [2.05, 4.69) is 37.6 Å². The average Bonchev–Trinajstić information content (AvgIpc) is 2.11. The number of hydrogen-bond donors (Lipinski definition) is 1. The molecule has 0 aromatic rings. The van der Waals surface area contributed by atoms with Crippen molar-refractivity contribution in [3.8, 4) is 0 Å². The standard InChI is InChI=1S/C10H26N2OSi/c1-9(2)12(10(3)4)7-8-14(11-5)13-6/h9-11,14H,7-8H2,1-6H3. The van der Waals surface area contributed by atoms with E-state index < -0.39 is 9.20 Å². The molecule has 1 unspecified atom stereocenters. The molecule has 0 amide bonds. The smallest absolute Gasteiger partial charge is 0.252 e. The zero-order valence-corrected chi connectivity index (χ0v) is 11.7. The Hall–Kier alpha value is 0.0969. The summed E-state index contributed by atoms with van der Waals surface area (Å²) in [5, 5.41) is 0. The van der Waals surface area contributed by atoms with Gasteiger partial charge in [-0.2, -0.15) is 0 Å². The minimum absolute atomic E-state index is 0.623. The Labute approximate surface area is 90.6 Å². The molecule has 0 aromatic carbocycles. The maximum absolute atomic E-state index is 5.41. The van der Waals surface area contributed by atoms with Gasteiger partial charge in [0.05, 0.1) is 0 Å². The number of nitrogens with zero attached hydrogens (tertiary/aromatic N) is 1. The van der Waals surface area contributed by atoms with E-state index in [1.165, 1.54) is 6.04 Å². The molecular weight excluding hydrogens is 192 g/mol. The molecule has 0 aliphatic rings. The fourth-order valence-corrected chi connectivity index (χ4v) is 3.05. The molecule has 0 saturated heterocycles. The Bertz CT molecular complexity index is 130. The molecular formula is C10H26N2OSi. The first-order valence-electron chi connectivity index (χ1n) is 5.48. The highest BCUT2D eigenvalue weighted by molar-refractivity contribution is 6.48. The van der Waals surface area contributed by atoms with Crippen LogP contribution in [0.5, 0.6) is 0 Å². The monoisotopic (exact) mass is 218 g/mol. The molecule has 0 radical (unpaired) electrons. The summed E-state index contributed by atoms with van der Waals surface area (Å²) in [6.07, 6.45) is 0. The van der Waals surface area contributed by atoms with Crippen LogP contribution in [0.25, 0.3) is 0 Å². The van der Waals surface area contributed by atoms with Gasteiger partial charge in [0.1, 0.15) is 0 Å². The summed E-state index contributed by atoms with van der Waals surface area (Å²) in [4.78, 5) is 5.79. The van der Waals surface area contributed by atoms with Crippen LogP contribution in [-0.2, 0) is 4.43 Å². The van der Waals surface area contributed by atoms with E-state index in [1.807, 2.05) is 14.2 Å². The largest absolute Gasteiger partial charge is 0.409 e. The van der Waals surface area contributed by atoms with E-state index in [0.29, 0.717) is 12.1 Å². The van der Waals surface area contributed by atoms with Crippen LogP contribution in [0.3, 0.4) is 0 Å². The Morgan fingerprint density at radius 2 is 1.71 bits per heavy atom. The van der Waals surface area contributed by atoms with Crippen molar-refractivity contribution in [2.75, 3.05) is 20.7 Å². The topological polar surface area (TPSA) is 24.5 Å². The summed E-state index contributed by atoms with van der Waals surface area (Å²) in [5.41, 5.74) is 0. The molecule has 1 N–H and O–H groups in total. The Morgan fingerprint density at radius 1 is 1.21 bits per heavy atom. The third kappa shape index (κ3) is 5.10. The molecule has 4 heteroatoms. The van der Waals surface area contributed by atoms with E-state index in [-0.39, 0.29) is 0 Å². The molecule has 0 heterocycles. The molecule has 0 saturated carbocycles. The summed E-state index contributed by atoms with van der Waals surface area (Å²) in [7, 11) is 2.68. The van der Waals surface area contributed by atoms with Gasteiger partial charge in [0.15, 0.2) is 0 Å². The van der Waals surface area contributed by atoms with Crippen molar-refractivity contribution in [3.63, 3.8) is 0 Å². The van der Waals surface area contributed by atoms with Gasteiger partial charge in [-0.1, -0.05) is 0 Å². The van der Waals surface area contributed by atoms with Crippen LogP contribution in [0.15, 0.2) is 0 Å². The number of rotatable bonds is 7. The second-order valence-electron chi connectivity index (χ2n) is 4.23. The Morgan fingerprint density at radius 3 is 2.00 bits per heavy atom. The highest BCUT2D eigenvalue weighted by atomic mass is 28.3. The molecule has 3 nitrogen and oxygen atoms in total. The molecule has 0 aliphatic carbocycles. The summed E-state index contributed by atoms with van der Waals surface area (Å²) < 4.78 is 5.41. The fraction of sp³-hybridized carbons (Fsp3) is 1.00. The lowest BCUT2D eigenvalue weighted by atomic mass is 10.2. The predicted octanol–water partition coefficient (Wildman–Crippen LogP) is 1.19. The maximum atomic E-state index is 5.41. The van der Waals surface area contributed by atoms with Crippen LogP contribution in [0, 0.1) is 0 Å². The lowest BCUT2D eigenvalue weighted by molar-refractivity contribution is 0.182. The minimum Gasteiger partial charge on any atom is -0.409 e. The van der Waals surface area contributed by atoms with Gasteiger partial charge < -0.3 is 9.41 Å². The van der Waals surface area contributed by atoms with Gasteiger partial charge in [0, 0.05) is 19.2 Å². The van der Waals surface area contributed by atoms with Crippen molar-refractivity contribution in [2.45, 2.75) is 45.8 Å². The zero-order valence-electron chi connectivity index (χ0n) is 10.5. The van der Waals surface area contributed by atoms with Crippen LogP contribution in [0.1, 0.15) is 27.7 Å². The Kier molecular flexibility index (Phi) is 7.45. The first-order valence-corrected chi connectivity index (χ1v) is 7.35. The SMILES string of the molecule is CN[SiH](CCN(C(C)C)C(C)C)OC. The van der Waals surface area contributed by atoms with Crippen molar-refractivity contribution < 1.29 is 4.43 Å². The molecule has 0 aromatic heterocycles. The fourth-order valence-electron chi connectivity index (χ4n) is 1.76. The zero-order chi connectivity index (χ0) is 11.1. The average molecular weight is 218 g/mol. The van der Waals surface area contributed by atoms with E-state index in [0.717, 1.165) is 6.54 Å². The Balaban J connectivity index is 3.92. The molecule has 0 rings (SSSR count). The van der Waals surface area contributed by atoms with Gasteiger partial charge in [-0.15, -0.1) is 0 Å². The first kappa shape index (κ1) is 14.1. The van der Waals surface area contributed by atoms with Crippen molar-refractivity contribution in [3.05, 3.63) is 0 Å². The van der Waals surface area contributed by atoms with Gasteiger partial charge in [-0.25, -0.2) is 0 Å². The van der Waals surface area contributed by atoms with Crippen LogP contribution in [-0.4, -0.2) is 46.9 Å². The highest BCUT2D eigenvalue weighted by Gasteiger charge is 2.16. The molecule has 0 aliphatic heterocycles. The second kappa shape index (κ2) is 7.40. The maximum Gasteiger partial charge on any atom is 0.252 e. The highest BCUT2D eigenvalue weighted by Crippen LogP contribution is 2.06. The number of hydrogen-bond acceptors (Lipinski definition) is 3. The van der Waals surface area contributed by atoms with Crippen LogP contribution < -0.4 is 4.98 Å².